The van der Waals surface area contributed by atoms with Gasteiger partial charge in [0.15, 0.2) is 0 Å². The molecule has 1 aromatic heterocycles. The maximum Gasteiger partial charge on any atom is 0.463 e. The van der Waals surface area contributed by atoms with Crippen LogP contribution in [0, 0.1) is 0 Å². The van der Waals surface area contributed by atoms with Crippen LogP contribution in [0.1, 0.15) is 37.6 Å². The predicted octanol–water partition coefficient (Wildman–Crippen LogP) is 2.56. The van der Waals surface area contributed by atoms with Crippen molar-refractivity contribution in [3.05, 3.63) is 11.7 Å². The first-order chi connectivity index (χ1) is 7.70. The fraction of sp³-hybridized carbons (Fsp3) is 0.750. The van der Waals surface area contributed by atoms with Crippen molar-refractivity contribution in [3.63, 3.8) is 0 Å². The Morgan fingerprint density at radius 3 is 2.35 bits per heavy atom. The lowest BCUT2D eigenvalue weighted by molar-refractivity contribution is -0.298. The second kappa shape index (κ2) is 4.55. The van der Waals surface area contributed by atoms with Crippen molar-refractivity contribution in [3.8, 4) is 0 Å². The van der Waals surface area contributed by atoms with Crippen molar-refractivity contribution in [2.24, 2.45) is 0 Å². The molecule has 1 unspecified atom stereocenters. The summed E-state index contributed by atoms with van der Waals surface area (Å²) in [5, 5.41) is 12.2. The number of alkyl halides is 5. The zero-order chi connectivity index (χ0) is 13.3. The van der Waals surface area contributed by atoms with Crippen molar-refractivity contribution in [2.75, 3.05) is 0 Å². The van der Waals surface area contributed by atoms with Gasteiger partial charge in [0, 0.05) is 0 Å². The van der Waals surface area contributed by atoms with E-state index in [-0.39, 0.29) is 6.42 Å². The van der Waals surface area contributed by atoms with Crippen molar-refractivity contribution in [2.45, 2.75) is 38.0 Å². The highest BCUT2D eigenvalue weighted by atomic mass is 19.4. The Morgan fingerprint density at radius 1 is 1.29 bits per heavy atom. The highest BCUT2D eigenvalue weighted by molar-refractivity contribution is 4.99. The van der Waals surface area contributed by atoms with Gasteiger partial charge in [0.2, 0.25) is 5.82 Å². The molecule has 17 heavy (non-hydrogen) atoms. The predicted molar refractivity (Wildman–Crippen MR) is 44.1 cm³/mol. The Balaban J connectivity index is 2.95. The molecule has 0 aliphatic heterocycles. The van der Waals surface area contributed by atoms with Crippen molar-refractivity contribution in [1.82, 2.24) is 10.1 Å². The molecule has 1 heterocycles. The summed E-state index contributed by atoms with van der Waals surface area (Å²) in [6.07, 6.45) is -6.51. The smallest absolute Gasteiger partial charge is 0.385 e. The van der Waals surface area contributed by atoms with Gasteiger partial charge in [-0.15, -0.1) is 0 Å². The SMILES string of the molecule is CCCC(O)c1noc(C(F)(F)C(F)(F)F)n1. The Hall–Kier alpha value is -1.25. The average molecular weight is 260 g/mol. The molecule has 0 aliphatic rings. The molecule has 0 amide bonds. The molecule has 98 valence electrons. The van der Waals surface area contributed by atoms with Gasteiger partial charge in [-0.05, 0) is 6.42 Å². The highest BCUT2D eigenvalue weighted by Crippen LogP contribution is 2.43. The van der Waals surface area contributed by atoms with E-state index in [1.165, 1.54) is 0 Å². The molecule has 0 radical (unpaired) electrons. The third-order valence-corrected chi connectivity index (χ3v) is 1.93. The molecule has 0 aliphatic carbocycles. The summed E-state index contributed by atoms with van der Waals surface area (Å²) in [6, 6.07) is 0. The first-order valence-corrected chi connectivity index (χ1v) is 4.66. The van der Waals surface area contributed by atoms with E-state index in [4.69, 9.17) is 0 Å². The van der Waals surface area contributed by atoms with E-state index in [2.05, 4.69) is 14.7 Å². The van der Waals surface area contributed by atoms with E-state index in [1.54, 1.807) is 6.92 Å². The molecule has 1 atom stereocenters. The maximum absolute atomic E-state index is 12.7. The molecule has 0 saturated heterocycles. The quantitative estimate of drug-likeness (QED) is 0.845. The number of halogens is 5. The average Bonchev–Trinajstić information content (AvgIpc) is 2.65. The molecule has 0 bridgehead atoms. The zero-order valence-corrected chi connectivity index (χ0v) is 8.63. The molecule has 0 aromatic carbocycles. The van der Waals surface area contributed by atoms with Gasteiger partial charge in [-0.1, -0.05) is 18.5 Å². The molecular weight excluding hydrogens is 251 g/mol. The van der Waals surface area contributed by atoms with E-state index in [0.29, 0.717) is 6.42 Å². The highest BCUT2D eigenvalue weighted by Gasteiger charge is 2.63. The monoisotopic (exact) mass is 260 g/mol. The van der Waals surface area contributed by atoms with Crippen LogP contribution in [0.5, 0.6) is 0 Å². The van der Waals surface area contributed by atoms with Gasteiger partial charge >= 0.3 is 18.0 Å². The third-order valence-electron chi connectivity index (χ3n) is 1.93. The number of rotatable bonds is 4. The Kier molecular flexibility index (Phi) is 3.70. The van der Waals surface area contributed by atoms with E-state index < -0.39 is 29.9 Å². The summed E-state index contributed by atoms with van der Waals surface area (Å²) < 4.78 is 65.1. The summed E-state index contributed by atoms with van der Waals surface area (Å²) in [5.41, 5.74) is 0. The van der Waals surface area contributed by atoms with E-state index in [9.17, 15) is 27.1 Å². The lowest BCUT2D eigenvalue weighted by Gasteiger charge is -2.14. The summed E-state index contributed by atoms with van der Waals surface area (Å²) in [6.45, 7) is 1.69. The summed E-state index contributed by atoms with van der Waals surface area (Å²) in [7, 11) is 0. The van der Waals surface area contributed by atoms with Gasteiger partial charge in [0.05, 0.1) is 0 Å². The van der Waals surface area contributed by atoms with Gasteiger partial charge in [-0.25, -0.2) is 0 Å². The first-order valence-electron chi connectivity index (χ1n) is 4.66. The summed E-state index contributed by atoms with van der Waals surface area (Å²) in [4.78, 5) is 2.87. The van der Waals surface area contributed by atoms with Gasteiger partial charge in [0.1, 0.15) is 6.10 Å². The van der Waals surface area contributed by atoms with Crippen molar-refractivity contribution < 1.29 is 31.6 Å². The number of hydrogen-bond acceptors (Lipinski definition) is 4. The van der Waals surface area contributed by atoms with Gasteiger partial charge in [-0.3, -0.25) is 0 Å². The van der Waals surface area contributed by atoms with Crippen LogP contribution in [-0.2, 0) is 5.92 Å². The normalized spacial score (nSPS) is 15.0. The van der Waals surface area contributed by atoms with Crippen LogP contribution in [0.4, 0.5) is 22.0 Å². The lowest BCUT2D eigenvalue weighted by atomic mass is 10.2. The number of aromatic nitrogens is 2. The molecule has 9 heteroatoms. The second-order valence-electron chi connectivity index (χ2n) is 3.33. The summed E-state index contributed by atoms with van der Waals surface area (Å²) in [5.74, 6) is -7.66. The molecule has 0 spiro atoms. The second-order valence-corrected chi connectivity index (χ2v) is 3.33. The maximum atomic E-state index is 12.7. The number of nitrogens with zero attached hydrogens (tertiary/aromatic N) is 2. The third kappa shape index (κ3) is 2.71. The topological polar surface area (TPSA) is 59.2 Å². The van der Waals surface area contributed by atoms with Gasteiger partial charge in [-0.2, -0.15) is 26.9 Å². The lowest BCUT2D eigenvalue weighted by Crippen LogP contribution is -2.34. The van der Waals surface area contributed by atoms with Crippen LogP contribution in [0.25, 0.3) is 0 Å². The fourth-order valence-electron chi connectivity index (χ4n) is 1.02. The van der Waals surface area contributed by atoms with Crippen molar-refractivity contribution >= 4 is 0 Å². The molecule has 1 aromatic rings. The fourth-order valence-corrected chi connectivity index (χ4v) is 1.02. The molecule has 1 rings (SSSR count). The largest absolute Gasteiger partial charge is 0.463 e. The Bertz CT molecular complexity index is 376. The van der Waals surface area contributed by atoms with Crippen LogP contribution >= 0.6 is 0 Å². The Labute approximate surface area is 92.4 Å². The van der Waals surface area contributed by atoms with E-state index in [1.807, 2.05) is 0 Å². The van der Waals surface area contributed by atoms with Crippen LogP contribution in [0.2, 0.25) is 0 Å². The van der Waals surface area contributed by atoms with Crippen LogP contribution in [0.3, 0.4) is 0 Å². The zero-order valence-electron chi connectivity index (χ0n) is 8.63. The molecule has 1 N–H and O–H groups in total. The van der Waals surface area contributed by atoms with Crippen LogP contribution in [0.15, 0.2) is 4.52 Å². The standard InChI is InChI=1S/C8H9F5N2O2/c1-2-3-4(16)5-14-6(17-15-5)7(9,10)8(11,12)13/h4,16H,2-3H2,1H3. The minimum atomic E-state index is -5.81. The summed E-state index contributed by atoms with van der Waals surface area (Å²) >= 11 is 0. The minimum absolute atomic E-state index is 0.135. The van der Waals surface area contributed by atoms with E-state index in [0.717, 1.165) is 0 Å². The van der Waals surface area contributed by atoms with Gasteiger partial charge < -0.3 is 9.63 Å². The number of aliphatic hydroxyl groups excluding tert-OH is 1. The molecule has 0 saturated carbocycles. The van der Waals surface area contributed by atoms with Crippen LogP contribution in [-0.4, -0.2) is 21.4 Å². The first kappa shape index (κ1) is 13.8. The number of aliphatic hydroxyl groups is 1. The molecule has 0 fully saturated rings. The van der Waals surface area contributed by atoms with Gasteiger partial charge in [0.25, 0.3) is 0 Å². The minimum Gasteiger partial charge on any atom is -0.385 e. The molecular formula is C8H9F5N2O2. The van der Waals surface area contributed by atoms with Crippen molar-refractivity contribution in [1.29, 1.82) is 0 Å². The number of hydrogen-bond donors (Lipinski definition) is 1. The Morgan fingerprint density at radius 2 is 1.88 bits per heavy atom. The van der Waals surface area contributed by atoms with Crippen LogP contribution < -0.4 is 0 Å². The van der Waals surface area contributed by atoms with E-state index >= 15 is 0 Å². The molecule has 4 nitrogen and oxygen atoms in total.